The van der Waals surface area contributed by atoms with E-state index in [-0.39, 0.29) is 5.69 Å². The maximum Gasteiger partial charge on any atom is 0.183 e. The molecule has 0 fully saturated rings. The second-order valence-corrected chi connectivity index (χ2v) is 4.04. The predicted octanol–water partition coefficient (Wildman–Crippen LogP) is 2.94. The number of pyridine rings is 1. The van der Waals surface area contributed by atoms with E-state index < -0.39 is 0 Å². The van der Waals surface area contributed by atoms with Crippen molar-refractivity contribution in [1.29, 1.82) is 5.26 Å². The molecule has 0 saturated carbocycles. The third-order valence-electron chi connectivity index (χ3n) is 2.66. The van der Waals surface area contributed by atoms with Crippen LogP contribution in [0.3, 0.4) is 0 Å². The molecule has 0 amide bonds. The van der Waals surface area contributed by atoms with Gasteiger partial charge in [-0.15, -0.1) is 0 Å². The van der Waals surface area contributed by atoms with E-state index in [0.717, 1.165) is 11.1 Å². The van der Waals surface area contributed by atoms with E-state index in [4.69, 9.17) is 15.7 Å². The molecule has 0 aliphatic rings. The topological polar surface area (TPSA) is 71.9 Å². The fraction of sp³-hybridized carbons (Fsp3) is 0.143. The van der Waals surface area contributed by atoms with Crippen molar-refractivity contribution in [3.8, 4) is 17.6 Å². The van der Waals surface area contributed by atoms with Crippen molar-refractivity contribution in [3.63, 3.8) is 0 Å². The molecule has 1 heterocycles. The highest BCUT2D eigenvalue weighted by molar-refractivity contribution is 5.55. The molecule has 0 spiro atoms. The Morgan fingerprint density at radius 2 is 2.00 bits per heavy atom. The highest BCUT2D eigenvalue weighted by Crippen LogP contribution is 2.30. The Labute approximate surface area is 106 Å². The molecule has 0 radical (unpaired) electrons. The number of nitrogens with zero attached hydrogens (tertiary/aromatic N) is 2. The van der Waals surface area contributed by atoms with Crippen LogP contribution < -0.4 is 10.5 Å². The molecule has 1 aromatic heterocycles. The maximum atomic E-state index is 8.95. The van der Waals surface area contributed by atoms with Crippen molar-refractivity contribution >= 4 is 5.69 Å². The fourth-order valence-corrected chi connectivity index (χ4v) is 1.63. The van der Waals surface area contributed by atoms with E-state index >= 15 is 0 Å². The number of rotatable bonds is 2. The number of hydrogen-bond donors (Lipinski definition) is 1. The Hall–Kier alpha value is -2.54. The van der Waals surface area contributed by atoms with Crippen LogP contribution in [0.25, 0.3) is 0 Å². The number of benzene rings is 1. The van der Waals surface area contributed by atoms with Crippen LogP contribution in [0, 0.1) is 25.2 Å². The van der Waals surface area contributed by atoms with Gasteiger partial charge in [0.05, 0.1) is 0 Å². The Morgan fingerprint density at radius 3 is 2.72 bits per heavy atom. The van der Waals surface area contributed by atoms with E-state index in [1.54, 1.807) is 24.4 Å². The van der Waals surface area contributed by atoms with Gasteiger partial charge in [-0.05, 0) is 37.1 Å². The monoisotopic (exact) mass is 239 g/mol. The molecular formula is C14H13N3O. The van der Waals surface area contributed by atoms with Gasteiger partial charge in [-0.2, -0.15) is 5.26 Å². The number of nitrogens with two attached hydrogens (primary N) is 1. The van der Waals surface area contributed by atoms with Gasteiger partial charge in [0.15, 0.2) is 11.4 Å². The van der Waals surface area contributed by atoms with Crippen molar-refractivity contribution in [2.75, 3.05) is 5.73 Å². The number of aromatic nitrogens is 1. The molecule has 2 rings (SSSR count). The van der Waals surface area contributed by atoms with E-state index in [1.165, 1.54) is 0 Å². The van der Waals surface area contributed by atoms with Crippen molar-refractivity contribution < 1.29 is 4.74 Å². The second kappa shape index (κ2) is 4.76. The molecule has 0 aliphatic carbocycles. The molecule has 0 atom stereocenters. The SMILES string of the molecule is Cc1cc(C)c(Oc2cccnc2C#N)cc1N. The van der Waals surface area contributed by atoms with Crippen molar-refractivity contribution in [3.05, 3.63) is 47.3 Å². The van der Waals surface area contributed by atoms with Crippen LogP contribution in [0.5, 0.6) is 11.5 Å². The normalized spacial score (nSPS) is 9.83. The molecule has 2 N–H and O–H groups in total. The minimum Gasteiger partial charge on any atom is -0.454 e. The number of hydrogen-bond acceptors (Lipinski definition) is 4. The first-order valence-electron chi connectivity index (χ1n) is 5.51. The van der Waals surface area contributed by atoms with Gasteiger partial charge in [0.2, 0.25) is 0 Å². The number of nitriles is 1. The standard InChI is InChI=1S/C14H13N3O/c1-9-6-10(2)14(7-11(9)16)18-13-4-3-5-17-12(13)8-15/h3-7H,16H2,1-2H3. The molecule has 4 nitrogen and oxygen atoms in total. The molecule has 90 valence electrons. The van der Waals surface area contributed by atoms with E-state index in [1.807, 2.05) is 26.0 Å². The highest BCUT2D eigenvalue weighted by Gasteiger charge is 2.08. The summed E-state index contributed by atoms with van der Waals surface area (Å²) < 4.78 is 5.70. The summed E-state index contributed by atoms with van der Waals surface area (Å²) in [5.74, 6) is 1.08. The fourth-order valence-electron chi connectivity index (χ4n) is 1.63. The van der Waals surface area contributed by atoms with Crippen LogP contribution in [0.2, 0.25) is 0 Å². The third-order valence-corrected chi connectivity index (χ3v) is 2.66. The lowest BCUT2D eigenvalue weighted by molar-refractivity contribution is 0.475. The lowest BCUT2D eigenvalue weighted by Crippen LogP contribution is -1.96. The van der Waals surface area contributed by atoms with Gasteiger partial charge in [-0.3, -0.25) is 0 Å². The summed E-state index contributed by atoms with van der Waals surface area (Å²) >= 11 is 0. The molecule has 0 saturated heterocycles. The minimum absolute atomic E-state index is 0.260. The predicted molar refractivity (Wildman–Crippen MR) is 69.4 cm³/mol. The summed E-state index contributed by atoms with van der Waals surface area (Å²) in [5, 5.41) is 8.95. The Balaban J connectivity index is 2.41. The quantitative estimate of drug-likeness (QED) is 0.818. The average molecular weight is 239 g/mol. The zero-order chi connectivity index (χ0) is 13.1. The number of nitrogen functional groups attached to an aromatic ring is 1. The largest absolute Gasteiger partial charge is 0.454 e. The second-order valence-electron chi connectivity index (χ2n) is 4.04. The van der Waals surface area contributed by atoms with Crippen LogP contribution in [-0.4, -0.2) is 4.98 Å². The summed E-state index contributed by atoms with van der Waals surface area (Å²) in [5.41, 5.74) is 8.75. The van der Waals surface area contributed by atoms with E-state index in [0.29, 0.717) is 17.2 Å². The van der Waals surface area contributed by atoms with Crippen LogP contribution in [0.4, 0.5) is 5.69 Å². The molecular weight excluding hydrogens is 226 g/mol. The van der Waals surface area contributed by atoms with E-state index in [9.17, 15) is 0 Å². The van der Waals surface area contributed by atoms with E-state index in [2.05, 4.69) is 4.98 Å². The Morgan fingerprint density at radius 1 is 1.22 bits per heavy atom. The molecule has 0 unspecified atom stereocenters. The molecule has 18 heavy (non-hydrogen) atoms. The van der Waals surface area contributed by atoms with Crippen molar-refractivity contribution in [2.24, 2.45) is 0 Å². The number of anilines is 1. The molecule has 1 aromatic carbocycles. The van der Waals surface area contributed by atoms with Crippen LogP contribution in [0.15, 0.2) is 30.5 Å². The van der Waals surface area contributed by atoms with Crippen molar-refractivity contribution in [1.82, 2.24) is 4.98 Å². The van der Waals surface area contributed by atoms with Gasteiger partial charge < -0.3 is 10.5 Å². The van der Waals surface area contributed by atoms with Gasteiger partial charge in [0.1, 0.15) is 11.8 Å². The summed E-state index contributed by atoms with van der Waals surface area (Å²) in [6.45, 7) is 3.88. The van der Waals surface area contributed by atoms with Gasteiger partial charge in [0, 0.05) is 18.0 Å². The smallest absolute Gasteiger partial charge is 0.183 e. The minimum atomic E-state index is 0.260. The van der Waals surface area contributed by atoms with Crippen LogP contribution in [-0.2, 0) is 0 Å². The summed E-state index contributed by atoms with van der Waals surface area (Å²) in [4.78, 5) is 3.95. The third kappa shape index (κ3) is 2.25. The Kier molecular flexibility index (Phi) is 3.16. The zero-order valence-electron chi connectivity index (χ0n) is 10.3. The lowest BCUT2D eigenvalue weighted by Gasteiger charge is -2.11. The molecule has 0 bridgehead atoms. The maximum absolute atomic E-state index is 8.95. The summed E-state index contributed by atoms with van der Waals surface area (Å²) in [6.07, 6.45) is 1.56. The molecule has 4 heteroatoms. The van der Waals surface area contributed by atoms with Gasteiger partial charge >= 0.3 is 0 Å². The summed E-state index contributed by atoms with van der Waals surface area (Å²) in [6, 6.07) is 9.14. The first kappa shape index (κ1) is 11.9. The van der Waals surface area contributed by atoms with Crippen LogP contribution in [0.1, 0.15) is 16.8 Å². The molecule has 2 aromatic rings. The first-order valence-corrected chi connectivity index (χ1v) is 5.51. The van der Waals surface area contributed by atoms with Crippen molar-refractivity contribution in [2.45, 2.75) is 13.8 Å². The van der Waals surface area contributed by atoms with Gasteiger partial charge in [-0.25, -0.2) is 4.98 Å². The Bertz CT molecular complexity index is 629. The first-order chi connectivity index (χ1) is 8.61. The molecule has 0 aliphatic heterocycles. The summed E-state index contributed by atoms with van der Waals surface area (Å²) in [7, 11) is 0. The zero-order valence-corrected chi connectivity index (χ0v) is 10.3. The average Bonchev–Trinajstić information content (AvgIpc) is 2.36. The van der Waals surface area contributed by atoms with Gasteiger partial charge in [0.25, 0.3) is 0 Å². The van der Waals surface area contributed by atoms with Crippen LogP contribution >= 0.6 is 0 Å². The van der Waals surface area contributed by atoms with Gasteiger partial charge in [-0.1, -0.05) is 6.07 Å². The number of ether oxygens (including phenoxy) is 1. The highest BCUT2D eigenvalue weighted by atomic mass is 16.5. The lowest BCUT2D eigenvalue weighted by atomic mass is 10.1. The number of aryl methyl sites for hydroxylation is 2.